The van der Waals surface area contributed by atoms with Crippen molar-refractivity contribution in [2.75, 3.05) is 38.8 Å². The van der Waals surface area contributed by atoms with Crippen LogP contribution in [0.1, 0.15) is 13.8 Å². The number of hydrogen-bond donors (Lipinski definition) is 1. The van der Waals surface area contributed by atoms with Crippen LogP contribution in [-0.4, -0.2) is 51.7 Å². The lowest BCUT2D eigenvalue weighted by atomic mass is 9.93. The fourth-order valence-electron chi connectivity index (χ4n) is 2.04. The van der Waals surface area contributed by atoms with E-state index in [2.05, 4.69) is 5.32 Å². The number of thiophene rings is 1. The van der Waals surface area contributed by atoms with Gasteiger partial charge < -0.3 is 10.2 Å². The predicted octanol–water partition coefficient (Wildman–Crippen LogP) is 2.06. The van der Waals surface area contributed by atoms with Crippen LogP contribution in [0, 0.1) is 15.5 Å². The molecule has 120 valence electrons. The summed E-state index contributed by atoms with van der Waals surface area (Å²) in [4.78, 5) is 12.5. The Balaban J connectivity index is 2.98. The van der Waals surface area contributed by atoms with Crippen LogP contribution in [0.2, 0.25) is 0 Å². The molecule has 0 saturated heterocycles. The fourth-order valence-corrected chi connectivity index (χ4v) is 3.97. The summed E-state index contributed by atoms with van der Waals surface area (Å²) in [5.74, 6) is 0. The molecular formula is C12H21N3O4S2. The quantitative estimate of drug-likeness (QED) is 0.605. The second kappa shape index (κ2) is 6.29. The van der Waals surface area contributed by atoms with Crippen LogP contribution in [0.25, 0.3) is 0 Å². The monoisotopic (exact) mass is 335 g/mol. The average Bonchev–Trinajstić information content (AvgIpc) is 2.68. The molecule has 0 spiro atoms. The maximum atomic E-state index is 11.5. The first kappa shape index (κ1) is 17.9. The molecule has 0 amide bonds. The molecule has 0 aromatic carbocycles. The van der Waals surface area contributed by atoms with E-state index in [0.717, 1.165) is 30.2 Å². The molecule has 0 fully saturated rings. The highest BCUT2D eigenvalue weighted by Gasteiger charge is 2.26. The molecule has 0 unspecified atom stereocenters. The summed E-state index contributed by atoms with van der Waals surface area (Å²) in [5.41, 5.74) is -0.298. The van der Waals surface area contributed by atoms with Crippen molar-refractivity contribution >= 4 is 31.9 Å². The third-order valence-corrected chi connectivity index (χ3v) is 5.61. The van der Waals surface area contributed by atoms with Crippen molar-refractivity contribution in [1.82, 2.24) is 4.90 Å². The third kappa shape index (κ3) is 5.25. The molecule has 1 rings (SSSR count). The zero-order chi connectivity index (χ0) is 16.4. The molecule has 1 N–H and O–H groups in total. The zero-order valence-corrected chi connectivity index (χ0v) is 14.5. The van der Waals surface area contributed by atoms with Crippen LogP contribution in [0.3, 0.4) is 0 Å². The van der Waals surface area contributed by atoms with E-state index < -0.39 is 14.8 Å². The lowest BCUT2D eigenvalue weighted by Crippen LogP contribution is -2.34. The van der Waals surface area contributed by atoms with Crippen molar-refractivity contribution < 1.29 is 13.3 Å². The summed E-state index contributed by atoms with van der Waals surface area (Å²) in [6, 6.07) is 1.11. The summed E-state index contributed by atoms with van der Waals surface area (Å²) >= 11 is 0.900. The van der Waals surface area contributed by atoms with Gasteiger partial charge in [0.25, 0.3) is 0 Å². The molecule has 0 radical (unpaired) electrons. The maximum absolute atomic E-state index is 11.5. The second-order valence-corrected chi connectivity index (χ2v) is 9.36. The van der Waals surface area contributed by atoms with Gasteiger partial charge in [0, 0.05) is 25.4 Å². The van der Waals surface area contributed by atoms with Crippen LogP contribution in [-0.2, 0) is 9.84 Å². The molecule has 0 aliphatic carbocycles. The van der Waals surface area contributed by atoms with Crippen molar-refractivity contribution in [3.05, 3.63) is 16.2 Å². The summed E-state index contributed by atoms with van der Waals surface area (Å²) in [6.45, 7) is 5.39. The smallest absolute Gasteiger partial charge is 0.304 e. The Kier molecular flexibility index (Phi) is 5.35. The Morgan fingerprint density at radius 1 is 1.43 bits per heavy atom. The molecule has 21 heavy (non-hydrogen) atoms. The van der Waals surface area contributed by atoms with E-state index in [9.17, 15) is 18.5 Å². The number of rotatable bonds is 7. The Labute approximate surface area is 129 Å². The first-order valence-electron chi connectivity index (χ1n) is 6.29. The molecule has 0 bridgehead atoms. The average molecular weight is 335 g/mol. The maximum Gasteiger partial charge on any atom is 0.304 e. The summed E-state index contributed by atoms with van der Waals surface area (Å²) < 4.78 is 23.0. The highest BCUT2D eigenvalue weighted by atomic mass is 32.2. The van der Waals surface area contributed by atoms with Crippen molar-refractivity contribution in [1.29, 1.82) is 0 Å². The zero-order valence-electron chi connectivity index (χ0n) is 12.8. The molecule has 0 aliphatic heterocycles. The summed E-state index contributed by atoms with van der Waals surface area (Å²) in [6.07, 6.45) is 1.04. The summed E-state index contributed by atoms with van der Waals surface area (Å²) in [5, 5.41) is 14.3. The minimum absolute atomic E-state index is 0.00196. The normalized spacial score (nSPS) is 12.7. The van der Waals surface area contributed by atoms with E-state index in [0.29, 0.717) is 6.54 Å². The van der Waals surface area contributed by atoms with Crippen LogP contribution >= 0.6 is 11.3 Å². The first-order valence-corrected chi connectivity index (χ1v) is 9.00. The molecule has 7 nitrogen and oxygen atoms in total. The molecule has 0 aliphatic rings. The van der Waals surface area contributed by atoms with Gasteiger partial charge in [-0.2, -0.15) is 0 Å². The van der Waals surface area contributed by atoms with E-state index in [4.69, 9.17) is 0 Å². The van der Waals surface area contributed by atoms with Crippen LogP contribution in [0.5, 0.6) is 0 Å². The highest BCUT2D eigenvalue weighted by Crippen LogP contribution is 2.37. The van der Waals surface area contributed by atoms with Crippen molar-refractivity contribution in [3.63, 3.8) is 0 Å². The lowest BCUT2D eigenvalue weighted by Gasteiger charge is -2.28. The molecule has 1 heterocycles. The Morgan fingerprint density at radius 3 is 2.43 bits per heavy atom. The van der Waals surface area contributed by atoms with Gasteiger partial charge in [-0.15, -0.1) is 0 Å². The Bertz CT molecular complexity index is 620. The predicted molar refractivity (Wildman–Crippen MR) is 84.9 cm³/mol. The number of hydrogen-bond acceptors (Lipinski definition) is 7. The molecule has 0 saturated carbocycles. The van der Waals surface area contributed by atoms with Crippen LogP contribution in [0.15, 0.2) is 10.3 Å². The van der Waals surface area contributed by atoms with E-state index in [-0.39, 0.29) is 20.3 Å². The van der Waals surface area contributed by atoms with E-state index in [1.54, 1.807) is 0 Å². The second-order valence-electron chi connectivity index (χ2n) is 6.06. The van der Waals surface area contributed by atoms with Crippen LogP contribution < -0.4 is 5.32 Å². The topological polar surface area (TPSA) is 92.6 Å². The minimum atomic E-state index is -3.44. The van der Waals surface area contributed by atoms with Crippen molar-refractivity contribution in [2.24, 2.45) is 5.41 Å². The van der Waals surface area contributed by atoms with Gasteiger partial charge in [0.05, 0.1) is 4.92 Å². The standard InChI is InChI=1S/C12H21N3O4S2/c1-12(2,8-14(3)4)7-13-11-9(15(16)17)6-10(20-11)21(5,18)19/h6,13H,7-8H2,1-5H3. The van der Waals surface area contributed by atoms with E-state index >= 15 is 0 Å². The number of nitrogens with one attached hydrogen (secondary N) is 1. The number of nitro groups is 1. The lowest BCUT2D eigenvalue weighted by molar-refractivity contribution is -0.383. The van der Waals surface area contributed by atoms with Gasteiger partial charge in [-0.1, -0.05) is 25.2 Å². The van der Waals surface area contributed by atoms with Gasteiger partial charge in [-0.3, -0.25) is 10.1 Å². The first-order chi connectivity index (χ1) is 9.42. The van der Waals surface area contributed by atoms with Gasteiger partial charge in [0.2, 0.25) is 0 Å². The molecule has 1 aromatic rings. The van der Waals surface area contributed by atoms with Gasteiger partial charge in [-0.25, -0.2) is 8.42 Å². The van der Waals surface area contributed by atoms with E-state index in [1.165, 1.54) is 0 Å². The van der Waals surface area contributed by atoms with Crippen LogP contribution in [0.4, 0.5) is 10.7 Å². The number of anilines is 1. The minimum Gasteiger partial charge on any atom is -0.371 e. The van der Waals surface area contributed by atoms with E-state index in [1.807, 2.05) is 32.8 Å². The number of nitrogens with zero attached hydrogens (tertiary/aromatic N) is 2. The SMILES string of the molecule is CN(C)CC(C)(C)CNc1sc(S(C)(=O)=O)cc1[N+](=O)[O-]. The van der Waals surface area contributed by atoms with Gasteiger partial charge in [0.15, 0.2) is 14.8 Å². The van der Waals surface area contributed by atoms with Gasteiger partial charge >= 0.3 is 5.69 Å². The van der Waals surface area contributed by atoms with Crippen molar-refractivity contribution in [2.45, 2.75) is 18.1 Å². The molecule has 9 heteroatoms. The third-order valence-electron chi connectivity index (χ3n) is 2.72. The van der Waals surface area contributed by atoms with Crippen molar-refractivity contribution in [3.8, 4) is 0 Å². The molecule has 1 aromatic heterocycles. The van der Waals surface area contributed by atoms with Gasteiger partial charge in [-0.05, 0) is 19.5 Å². The fraction of sp³-hybridized carbons (Fsp3) is 0.667. The highest BCUT2D eigenvalue weighted by molar-refractivity contribution is 7.92. The molecular weight excluding hydrogens is 314 g/mol. The largest absolute Gasteiger partial charge is 0.371 e. The Morgan fingerprint density at radius 2 is 2.00 bits per heavy atom. The van der Waals surface area contributed by atoms with Gasteiger partial charge in [0.1, 0.15) is 4.21 Å². The number of sulfone groups is 1. The molecule has 0 atom stereocenters. The Hall–Kier alpha value is -1.19. The summed E-state index contributed by atoms with van der Waals surface area (Å²) in [7, 11) is 0.466.